The molecule has 0 aliphatic rings. The van der Waals surface area contributed by atoms with E-state index in [-0.39, 0.29) is 5.76 Å². The van der Waals surface area contributed by atoms with Gasteiger partial charge in [-0.3, -0.25) is 4.79 Å². The number of hydrogen-bond acceptors (Lipinski definition) is 3. The fraction of sp³-hybridized carbons (Fsp3) is 0.263. The lowest BCUT2D eigenvalue weighted by atomic mass is 10.1. The molecule has 7 heteroatoms. The molecule has 1 aromatic carbocycles. The summed E-state index contributed by atoms with van der Waals surface area (Å²) in [7, 11) is 0. The minimum absolute atomic E-state index is 0.0503. The summed E-state index contributed by atoms with van der Waals surface area (Å²) in [6.45, 7) is 2.07. The van der Waals surface area contributed by atoms with Gasteiger partial charge in [0, 0.05) is 6.42 Å². The average Bonchev–Trinajstić information content (AvgIpc) is 3.07. The zero-order chi connectivity index (χ0) is 19.0. The van der Waals surface area contributed by atoms with Crippen LogP contribution in [0.15, 0.2) is 45.9 Å². The average molecular weight is 362 g/mol. The van der Waals surface area contributed by atoms with Gasteiger partial charge in [0.2, 0.25) is 0 Å². The van der Waals surface area contributed by atoms with Crippen molar-refractivity contribution in [2.24, 2.45) is 5.10 Å². The van der Waals surface area contributed by atoms with Crippen molar-refractivity contribution in [3.05, 3.63) is 59.0 Å². The zero-order valence-electron chi connectivity index (χ0n) is 14.1. The standard InChI is InChI=1S/C19H17F3N2O2/c1-2-3-4-5-6-16-11-12-17(26-16)18(25)24-23-13-14-7-9-15(10-8-14)19(20,21)22/h7-13H,2-4H2,1H3,(H,24,25)/b23-13-. The number of rotatable bonds is 5. The molecule has 0 aliphatic heterocycles. The number of halogens is 3. The summed E-state index contributed by atoms with van der Waals surface area (Å²) in [6.07, 6.45) is -0.333. The topological polar surface area (TPSA) is 54.6 Å². The Balaban J connectivity index is 1.91. The molecule has 0 spiro atoms. The number of carbonyl (C=O) groups is 1. The molecule has 136 valence electrons. The summed E-state index contributed by atoms with van der Waals surface area (Å²) in [5.41, 5.74) is 1.92. The molecular formula is C19H17F3N2O2. The van der Waals surface area contributed by atoms with Crippen molar-refractivity contribution in [2.75, 3.05) is 0 Å². The zero-order valence-corrected chi connectivity index (χ0v) is 14.1. The SMILES string of the molecule is CCCCC#Cc1ccc(C(=O)N/N=C\c2ccc(C(F)(F)F)cc2)o1. The van der Waals surface area contributed by atoms with E-state index >= 15 is 0 Å². The maximum Gasteiger partial charge on any atom is 0.416 e. The Hall–Kier alpha value is -3.01. The quantitative estimate of drug-likeness (QED) is 0.366. The Morgan fingerprint density at radius 3 is 2.62 bits per heavy atom. The second-order valence-corrected chi connectivity index (χ2v) is 5.39. The van der Waals surface area contributed by atoms with Crippen molar-refractivity contribution in [3.63, 3.8) is 0 Å². The highest BCUT2D eigenvalue weighted by Gasteiger charge is 2.29. The molecule has 0 saturated heterocycles. The van der Waals surface area contributed by atoms with Crippen LogP contribution in [0.3, 0.4) is 0 Å². The first-order valence-electron chi connectivity index (χ1n) is 7.99. The van der Waals surface area contributed by atoms with Gasteiger partial charge in [0.05, 0.1) is 11.8 Å². The van der Waals surface area contributed by atoms with E-state index in [0.717, 1.165) is 31.4 Å². The molecule has 0 saturated carbocycles. The second-order valence-electron chi connectivity index (χ2n) is 5.39. The van der Waals surface area contributed by atoms with Crippen LogP contribution in [0.1, 0.15) is 53.6 Å². The number of benzene rings is 1. The molecule has 1 heterocycles. The third kappa shape index (κ3) is 5.81. The highest BCUT2D eigenvalue weighted by molar-refractivity contribution is 5.92. The van der Waals surface area contributed by atoms with E-state index in [4.69, 9.17) is 4.42 Å². The van der Waals surface area contributed by atoms with E-state index in [9.17, 15) is 18.0 Å². The molecular weight excluding hydrogens is 345 g/mol. The van der Waals surface area contributed by atoms with Crippen molar-refractivity contribution < 1.29 is 22.4 Å². The molecule has 2 rings (SSSR count). The fourth-order valence-electron chi connectivity index (χ4n) is 1.92. The van der Waals surface area contributed by atoms with E-state index in [0.29, 0.717) is 11.3 Å². The lowest BCUT2D eigenvalue weighted by Gasteiger charge is -2.05. The van der Waals surface area contributed by atoms with Gasteiger partial charge < -0.3 is 4.42 Å². The Bertz CT molecular complexity index is 825. The van der Waals surface area contributed by atoms with Gasteiger partial charge in [-0.2, -0.15) is 18.3 Å². The van der Waals surface area contributed by atoms with Crippen molar-refractivity contribution >= 4 is 12.1 Å². The molecule has 2 aromatic rings. The molecule has 1 aromatic heterocycles. The second kappa shape index (κ2) is 8.90. The van der Waals surface area contributed by atoms with Crippen molar-refractivity contribution in [1.82, 2.24) is 5.43 Å². The predicted octanol–water partition coefficient (Wildman–Crippen LogP) is 4.60. The first kappa shape index (κ1) is 19.3. The molecule has 0 unspecified atom stereocenters. The number of furan rings is 1. The monoisotopic (exact) mass is 362 g/mol. The maximum atomic E-state index is 12.5. The highest BCUT2D eigenvalue weighted by atomic mass is 19.4. The lowest BCUT2D eigenvalue weighted by molar-refractivity contribution is -0.137. The third-order valence-electron chi connectivity index (χ3n) is 3.31. The Morgan fingerprint density at radius 1 is 1.23 bits per heavy atom. The Kier molecular flexibility index (Phi) is 6.61. The molecule has 0 atom stereocenters. The largest absolute Gasteiger partial charge is 0.443 e. The van der Waals surface area contributed by atoms with Gasteiger partial charge in [-0.15, -0.1) is 0 Å². The number of nitrogens with one attached hydrogen (secondary N) is 1. The number of alkyl halides is 3. The number of hydrazone groups is 1. The first-order valence-corrected chi connectivity index (χ1v) is 7.99. The van der Waals surface area contributed by atoms with E-state index in [1.54, 1.807) is 6.07 Å². The molecule has 4 nitrogen and oxygen atoms in total. The Morgan fingerprint density at radius 2 is 1.96 bits per heavy atom. The van der Waals surface area contributed by atoms with Gasteiger partial charge in [-0.05, 0) is 42.2 Å². The molecule has 0 bridgehead atoms. The van der Waals surface area contributed by atoms with Gasteiger partial charge in [-0.25, -0.2) is 5.43 Å². The van der Waals surface area contributed by atoms with E-state index in [1.165, 1.54) is 24.4 Å². The summed E-state index contributed by atoms with van der Waals surface area (Å²) in [5.74, 6) is 5.64. The van der Waals surface area contributed by atoms with Crippen LogP contribution in [0.4, 0.5) is 13.2 Å². The van der Waals surface area contributed by atoms with Gasteiger partial charge in [-0.1, -0.05) is 31.4 Å². The minimum Gasteiger partial charge on any atom is -0.443 e. The highest BCUT2D eigenvalue weighted by Crippen LogP contribution is 2.28. The smallest absolute Gasteiger partial charge is 0.416 e. The number of nitrogens with zero attached hydrogens (tertiary/aromatic N) is 1. The molecule has 0 aliphatic carbocycles. The van der Waals surface area contributed by atoms with E-state index in [1.807, 2.05) is 0 Å². The number of carbonyl (C=O) groups excluding carboxylic acids is 1. The van der Waals surface area contributed by atoms with Crippen LogP contribution in [-0.4, -0.2) is 12.1 Å². The van der Waals surface area contributed by atoms with Crippen LogP contribution in [0.5, 0.6) is 0 Å². The summed E-state index contributed by atoms with van der Waals surface area (Å²) in [6, 6.07) is 7.48. The lowest BCUT2D eigenvalue weighted by Crippen LogP contribution is -2.16. The van der Waals surface area contributed by atoms with E-state index < -0.39 is 17.6 Å². The van der Waals surface area contributed by atoms with Crippen molar-refractivity contribution in [2.45, 2.75) is 32.4 Å². The third-order valence-corrected chi connectivity index (χ3v) is 3.31. The minimum atomic E-state index is -4.39. The fourth-order valence-corrected chi connectivity index (χ4v) is 1.92. The molecule has 0 fully saturated rings. The van der Waals surface area contributed by atoms with Gasteiger partial charge in [0.25, 0.3) is 0 Å². The van der Waals surface area contributed by atoms with Crippen molar-refractivity contribution in [3.8, 4) is 11.8 Å². The van der Waals surface area contributed by atoms with Crippen LogP contribution < -0.4 is 5.43 Å². The predicted molar refractivity (Wildman–Crippen MR) is 91.6 cm³/mol. The van der Waals surface area contributed by atoms with E-state index in [2.05, 4.69) is 29.3 Å². The molecule has 26 heavy (non-hydrogen) atoms. The maximum absolute atomic E-state index is 12.5. The summed E-state index contributed by atoms with van der Waals surface area (Å²) in [4.78, 5) is 11.9. The first-order chi connectivity index (χ1) is 12.4. The van der Waals surface area contributed by atoms with Crippen LogP contribution >= 0.6 is 0 Å². The summed E-state index contributed by atoms with van der Waals surface area (Å²) < 4.78 is 42.7. The molecule has 1 N–H and O–H groups in total. The Labute approximate surface area is 149 Å². The number of unbranched alkanes of at least 4 members (excludes halogenated alkanes) is 2. The van der Waals surface area contributed by atoms with Crippen LogP contribution in [0.25, 0.3) is 0 Å². The van der Waals surface area contributed by atoms with Gasteiger partial charge >= 0.3 is 12.1 Å². The van der Waals surface area contributed by atoms with Crippen LogP contribution in [0, 0.1) is 11.8 Å². The number of amides is 1. The van der Waals surface area contributed by atoms with Crippen LogP contribution in [0.2, 0.25) is 0 Å². The summed E-state index contributed by atoms with van der Waals surface area (Å²) in [5, 5.41) is 3.70. The molecule has 0 radical (unpaired) electrons. The van der Waals surface area contributed by atoms with Crippen LogP contribution in [-0.2, 0) is 6.18 Å². The molecule has 1 amide bonds. The van der Waals surface area contributed by atoms with Gasteiger partial charge in [0.1, 0.15) is 0 Å². The number of hydrogen-bond donors (Lipinski definition) is 1. The normalized spacial score (nSPS) is 11.2. The van der Waals surface area contributed by atoms with Gasteiger partial charge in [0.15, 0.2) is 11.5 Å². The summed E-state index contributed by atoms with van der Waals surface area (Å²) >= 11 is 0. The van der Waals surface area contributed by atoms with Crippen molar-refractivity contribution in [1.29, 1.82) is 0 Å².